The maximum atomic E-state index is 12.4. The highest BCUT2D eigenvalue weighted by molar-refractivity contribution is 5.82. The van der Waals surface area contributed by atoms with Crippen LogP contribution in [0.1, 0.15) is 37.1 Å². The second kappa shape index (κ2) is 6.75. The fourth-order valence-corrected chi connectivity index (χ4v) is 3.26. The molecule has 1 aliphatic heterocycles. The zero-order valence-corrected chi connectivity index (χ0v) is 15.1. The molecule has 1 aromatic carbocycles. The summed E-state index contributed by atoms with van der Waals surface area (Å²) >= 11 is 0. The molecule has 0 aliphatic carbocycles. The molecule has 25 heavy (non-hydrogen) atoms. The summed E-state index contributed by atoms with van der Waals surface area (Å²) in [5, 5.41) is 3.22. The highest BCUT2D eigenvalue weighted by Gasteiger charge is 2.44. The Hall–Kier alpha value is -2.56. The largest absolute Gasteiger partial charge is 0.494 e. The zero-order valence-electron chi connectivity index (χ0n) is 15.1. The van der Waals surface area contributed by atoms with Crippen LogP contribution in [0.2, 0.25) is 0 Å². The van der Waals surface area contributed by atoms with Crippen LogP contribution in [0.3, 0.4) is 0 Å². The third-order valence-corrected chi connectivity index (χ3v) is 4.40. The van der Waals surface area contributed by atoms with Crippen molar-refractivity contribution < 1.29 is 14.3 Å². The van der Waals surface area contributed by atoms with Crippen LogP contribution in [0.4, 0.5) is 5.82 Å². The number of aryl methyl sites for hydroxylation is 2. The maximum absolute atomic E-state index is 12.4. The van der Waals surface area contributed by atoms with E-state index in [1.165, 1.54) is 0 Å². The fourth-order valence-electron chi connectivity index (χ4n) is 3.26. The SMILES string of the molecule is CCOc1ccc(C2(C)CC(Nc3cc(C)cc(C)n3)C(=O)O2)cc1. The van der Waals surface area contributed by atoms with Gasteiger partial charge in [0, 0.05) is 12.1 Å². The Labute approximate surface area is 148 Å². The average Bonchev–Trinajstić information content (AvgIpc) is 2.82. The van der Waals surface area contributed by atoms with E-state index in [1.807, 2.05) is 64.1 Å². The van der Waals surface area contributed by atoms with Crippen LogP contribution in [0.15, 0.2) is 36.4 Å². The number of hydrogen-bond donors (Lipinski definition) is 1. The van der Waals surface area contributed by atoms with E-state index in [4.69, 9.17) is 9.47 Å². The Morgan fingerprint density at radius 2 is 2.00 bits per heavy atom. The fraction of sp³-hybridized carbons (Fsp3) is 0.400. The summed E-state index contributed by atoms with van der Waals surface area (Å²) in [5.41, 5.74) is 2.33. The first-order chi connectivity index (χ1) is 11.9. The molecule has 1 saturated heterocycles. The number of esters is 1. The quantitative estimate of drug-likeness (QED) is 0.840. The Morgan fingerprint density at radius 3 is 2.64 bits per heavy atom. The summed E-state index contributed by atoms with van der Waals surface area (Å²) in [7, 11) is 0. The Morgan fingerprint density at radius 1 is 1.28 bits per heavy atom. The molecule has 0 saturated carbocycles. The topological polar surface area (TPSA) is 60.5 Å². The molecule has 5 nitrogen and oxygen atoms in total. The summed E-state index contributed by atoms with van der Waals surface area (Å²) in [4.78, 5) is 16.8. The summed E-state index contributed by atoms with van der Waals surface area (Å²) in [5.74, 6) is 1.26. The molecule has 0 spiro atoms. The molecule has 2 aromatic rings. The number of aromatic nitrogens is 1. The summed E-state index contributed by atoms with van der Waals surface area (Å²) in [6, 6.07) is 11.2. The van der Waals surface area contributed by atoms with Crippen LogP contribution in [0.5, 0.6) is 5.75 Å². The summed E-state index contributed by atoms with van der Waals surface area (Å²) < 4.78 is 11.2. The van der Waals surface area contributed by atoms with E-state index in [1.54, 1.807) is 0 Å². The second-order valence-corrected chi connectivity index (χ2v) is 6.68. The van der Waals surface area contributed by atoms with Crippen LogP contribution >= 0.6 is 0 Å². The lowest BCUT2D eigenvalue weighted by Gasteiger charge is -2.23. The minimum absolute atomic E-state index is 0.252. The molecule has 0 bridgehead atoms. The third kappa shape index (κ3) is 3.76. The van der Waals surface area contributed by atoms with Gasteiger partial charge in [-0.05, 0) is 63.1 Å². The maximum Gasteiger partial charge on any atom is 0.329 e. The zero-order chi connectivity index (χ0) is 18.0. The van der Waals surface area contributed by atoms with Crippen molar-refractivity contribution in [1.82, 2.24) is 4.98 Å². The number of nitrogens with one attached hydrogen (secondary N) is 1. The molecule has 1 fully saturated rings. The third-order valence-electron chi connectivity index (χ3n) is 4.40. The van der Waals surface area contributed by atoms with Gasteiger partial charge in [-0.25, -0.2) is 9.78 Å². The number of pyridine rings is 1. The molecule has 3 rings (SSSR count). The van der Waals surface area contributed by atoms with Crippen molar-refractivity contribution in [1.29, 1.82) is 0 Å². The lowest BCUT2D eigenvalue weighted by Crippen LogP contribution is -2.25. The number of anilines is 1. The molecule has 5 heteroatoms. The molecule has 1 N–H and O–H groups in total. The van der Waals surface area contributed by atoms with Crippen LogP contribution < -0.4 is 10.1 Å². The minimum atomic E-state index is -0.654. The van der Waals surface area contributed by atoms with Gasteiger partial charge < -0.3 is 14.8 Å². The van der Waals surface area contributed by atoms with Gasteiger partial charge in [0.25, 0.3) is 0 Å². The highest BCUT2D eigenvalue weighted by atomic mass is 16.6. The Kier molecular flexibility index (Phi) is 4.66. The predicted molar refractivity (Wildman–Crippen MR) is 96.8 cm³/mol. The first-order valence-electron chi connectivity index (χ1n) is 8.57. The van der Waals surface area contributed by atoms with Gasteiger partial charge in [-0.1, -0.05) is 12.1 Å². The van der Waals surface area contributed by atoms with Crippen molar-refractivity contribution in [2.45, 2.75) is 45.8 Å². The number of nitrogens with zero attached hydrogens (tertiary/aromatic N) is 1. The molecular weight excluding hydrogens is 316 g/mol. The van der Waals surface area contributed by atoms with Crippen LogP contribution in [-0.4, -0.2) is 23.6 Å². The molecule has 2 heterocycles. The van der Waals surface area contributed by atoms with E-state index in [2.05, 4.69) is 10.3 Å². The summed E-state index contributed by atoms with van der Waals surface area (Å²) in [6.45, 7) is 8.47. The molecule has 0 amide bonds. The summed E-state index contributed by atoms with van der Waals surface area (Å²) in [6.07, 6.45) is 0.550. The monoisotopic (exact) mass is 340 g/mol. The number of carbonyl (C=O) groups excluding carboxylic acids is 1. The molecule has 0 radical (unpaired) electrons. The van der Waals surface area contributed by atoms with Gasteiger partial charge in [-0.15, -0.1) is 0 Å². The smallest absolute Gasteiger partial charge is 0.329 e. The lowest BCUT2D eigenvalue weighted by atomic mass is 9.91. The van der Waals surface area contributed by atoms with Crippen LogP contribution in [0, 0.1) is 13.8 Å². The minimum Gasteiger partial charge on any atom is -0.494 e. The number of cyclic esters (lactones) is 1. The average molecular weight is 340 g/mol. The van der Waals surface area contributed by atoms with E-state index in [9.17, 15) is 4.79 Å². The van der Waals surface area contributed by atoms with Gasteiger partial charge in [0.2, 0.25) is 0 Å². The van der Waals surface area contributed by atoms with Gasteiger partial charge in [0.1, 0.15) is 23.2 Å². The molecule has 2 unspecified atom stereocenters. The first kappa shape index (κ1) is 17.3. The normalized spacial score (nSPS) is 22.6. The number of ether oxygens (including phenoxy) is 2. The van der Waals surface area contributed by atoms with Gasteiger partial charge in [0.05, 0.1) is 6.61 Å². The second-order valence-electron chi connectivity index (χ2n) is 6.68. The van der Waals surface area contributed by atoms with Gasteiger partial charge >= 0.3 is 5.97 Å². The standard InChI is InChI=1S/C20H24N2O3/c1-5-24-16-8-6-15(7-9-16)20(4)12-17(19(23)25-20)22-18-11-13(2)10-14(3)21-18/h6-11,17H,5,12H2,1-4H3,(H,21,22). The van der Waals surface area contributed by atoms with E-state index < -0.39 is 11.6 Å². The van der Waals surface area contributed by atoms with Crippen LogP contribution in [0.25, 0.3) is 0 Å². The van der Waals surface area contributed by atoms with Crippen LogP contribution in [-0.2, 0) is 15.1 Å². The lowest BCUT2D eigenvalue weighted by molar-refractivity contribution is -0.148. The van der Waals surface area contributed by atoms with Crippen molar-refractivity contribution in [3.63, 3.8) is 0 Å². The number of hydrogen-bond acceptors (Lipinski definition) is 5. The molecule has 1 aromatic heterocycles. The van der Waals surface area contributed by atoms with Crippen molar-refractivity contribution in [2.75, 3.05) is 11.9 Å². The Bertz CT molecular complexity index is 753. The van der Waals surface area contributed by atoms with Crippen molar-refractivity contribution in [2.24, 2.45) is 0 Å². The van der Waals surface area contributed by atoms with E-state index >= 15 is 0 Å². The first-order valence-corrected chi connectivity index (χ1v) is 8.57. The van der Waals surface area contributed by atoms with E-state index in [-0.39, 0.29) is 5.97 Å². The van der Waals surface area contributed by atoms with Crippen molar-refractivity contribution in [3.05, 3.63) is 53.2 Å². The van der Waals surface area contributed by atoms with E-state index in [0.717, 1.165) is 22.6 Å². The molecular formula is C20H24N2O3. The number of rotatable bonds is 5. The molecule has 2 atom stereocenters. The van der Waals surface area contributed by atoms with Gasteiger partial charge in [-0.3, -0.25) is 0 Å². The van der Waals surface area contributed by atoms with Gasteiger partial charge in [0.15, 0.2) is 0 Å². The van der Waals surface area contributed by atoms with Crippen molar-refractivity contribution in [3.8, 4) is 5.75 Å². The highest BCUT2D eigenvalue weighted by Crippen LogP contribution is 2.38. The number of carbonyl (C=O) groups is 1. The van der Waals surface area contributed by atoms with Gasteiger partial charge in [-0.2, -0.15) is 0 Å². The van der Waals surface area contributed by atoms with Crippen molar-refractivity contribution >= 4 is 11.8 Å². The Balaban J connectivity index is 1.76. The van der Waals surface area contributed by atoms with E-state index in [0.29, 0.717) is 18.8 Å². The molecule has 1 aliphatic rings. The number of benzene rings is 1. The molecule has 132 valence electrons. The predicted octanol–water partition coefficient (Wildman–Crippen LogP) is 3.74.